The first kappa shape index (κ1) is 24.7. The molecule has 2 aliphatic rings. The molecule has 1 N–H and O–H groups in total. The van der Waals surface area contributed by atoms with Crippen molar-refractivity contribution in [2.24, 2.45) is 0 Å². The molecule has 194 valence electrons. The van der Waals surface area contributed by atoms with Crippen LogP contribution in [0, 0.1) is 11.3 Å². The number of hydrogen-bond donors (Lipinski definition) is 1. The maximum atomic E-state index is 9.88. The summed E-state index contributed by atoms with van der Waals surface area (Å²) >= 11 is 1.77. The molecule has 0 saturated carbocycles. The monoisotopic (exact) mass is 527 g/mol. The van der Waals surface area contributed by atoms with Crippen molar-refractivity contribution in [3.8, 4) is 34.5 Å². The molecule has 0 amide bonds. The highest BCUT2D eigenvalue weighted by molar-refractivity contribution is 7.96. The number of aromatic amines is 1. The van der Waals surface area contributed by atoms with Gasteiger partial charge in [0.2, 0.25) is 0 Å². The third kappa shape index (κ3) is 5.05. The highest BCUT2D eigenvalue weighted by Gasteiger charge is 2.22. The Hall–Kier alpha value is -3.65. The predicted molar refractivity (Wildman–Crippen MR) is 149 cm³/mol. The van der Waals surface area contributed by atoms with Crippen molar-refractivity contribution in [1.29, 1.82) is 5.26 Å². The Morgan fingerprint density at radius 2 is 1.79 bits per heavy atom. The lowest BCUT2D eigenvalue weighted by Gasteiger charge is -2.30. The molecule has 0 aliphatic carbocycles. The number of aromatic nitrogens is 4. The van der Waals surface area contributed by atoms with Gasteiger partial charge in [0.1, 0.15) is 41.3 Å². The molecule has 0 unspecified atom stereocenters. The standard InChI is InChI=1S/C28H29N7O2S/c1-38-35-10-8-23(9-11-35)37-24-7-4-20(16-21(24)17-29)25-26-28(31-18-30-25)33-27(32-26)19-2-5-22(6-3-19)34-12-14-36-15-13-34/h2-7,16,18,23H,8-15H2,1H3,(H,30,31,32,33). The normalized spacial score (nSPS) is 17.0. The fourth-order valence-corrected chi connectivity index (χ4v) is 5.58. The van der Waals surface area contributed by atoms with Gasteiger partial charge in [-0.05, 0) is 61.6 Å². The van der Waals surface area contributed by atoms with E-state index >= 15 is 0 Å². The van der Waals surface area contributed by atoms with E-state index < -0.39 is 0 Å². The Labute approximate surface area is 225 Å². The van der Waals surface area contributed by atoms with Crippen LogP contribution in [0.2, 0.25) is 0 Å². The van der Waals surface area contributed by atoms with Crippen LogP contribution in [0.1, 0.15) is 18.4 Å². The van der Waals surface area contributed by atoms with E-state index in [1.54, 1.807) is 11.9 Å². The lowest BCUT2D eigenvalue weighted by Crippen LogP contribution is -2.36. The number of nitrogens with zero attached hydrogens (tertiary/aromatic N) is 6. The summed E-state index contributed by atoms with van der Waals surface area (Å²) in [5.41, 5.74) is 5.45. The Balaban J connectivity index is 1.25. The summed E-state index contributed by atoms with van der Waals surface area (Å²) in [6.07, 6.45) is 5.64. The van der Waals surface area contributed by atoms with Crippen LogP contribution in [0.3, 0.4) is 0 Å². The van der Waals surface area contributed by atoms with Crippen molar-refractivity contribution in [2.75, 3.05) is 50.5 Å². The molecule has 0 bridgehead atoms. The Morgan fingerprint density at radius 1 is 1.03 bits per heavy atom. The summed E-state index contributed by atoms with van der Waals surface area (Å²) in [6.45, 7) is 5.28. The van der Waals surface area contributed by atoms with Gasteiger partial charge in [0.15, 0.2) is 5.65 Å². The number of nitrogens with one attached hydrogen (secondary N) is 1. The maximum Gasteiger partial charge on any atom is 0.161 e. The molecule has 9 nitrogen and oxygen atoms in total. The molecule has 2 aromatic carbocycles. The first-order valence-corrected chi connectivity index (χ1v) is 14.0. The fourth-order valence-electron chi connectivity index (χ4n) is 5.01. The van der Waals surface area contributed by atoms with E-state index in [-0.39, 0.29) is 6.10 Å². The van der Waals surface area contributed by atoms with Crippen LogP contribution in [0.5, 0.6) is 5.75 Å². The SMILES string of the molecule is CSN1CCC(Oc2ccc(-c3ncnc4[nH]c(-c5ccc(N6CCOCC6)cc5)nc34)cc2C#N)CC1. The highest BCUT2D eigenvalue weighted by Crippen LogP contribution is 2.32. The third-order valence-electron chi connectivity index (χ3n) is 7.13. The van der Waals surface area contributed by atoms with Gasteiger partial charge in [-0.3, -0.25) is 4.31 Å². The summed E-state index contributed by atoms with van der Waals surface area (Å²) in [5.74, 6) is 1.35. The zero-order valence-electron chi connectivity index (χ0n) is 21.3. The van der Waals surface area contributed by atoms with E-state index in [1.807, 2.05) is 18.2 Å². The van der Waals surface area contributed by atoms with Gasteiger partial charge in [-0.2, -0.15) is 5.26 Å². The number of ether oxygens (including phenoxy) is 2. The van der Waals surface area contributed by atoms with Gasteiger partial charge in [-0.1, -0.05) is 11.9 Å². The number of benzene rings is 2. The van der Waals surface area contributed by atoms with Crippen molar-refractivity contribution >= 4 is 28.8 Å². The van der Waals surface area contributed by atoms with Crippen molar-refractivity contribution < 1.29 is 9.47 Å². The molecule has 2 aliphatic heterocycles. The largest absolute Gasteiger partial charge is 0.489 e. The number of imidazole rings is 1. The Bertz CT molecular complexity index is 1450. The summed E-state index contributed by atoms with van der Waals surface area (Å²) in [7, 11) is 0. The van der Waals surface area contributed by atoms with Gasteiger partial charge in [-0.15, -0.1) is 0 Å². The average Bonchev–Trinajstić information content (AvgIpc) is 3.43. The number of H-pyrrole nitrogens is 1. The number of piperidine rings is 1. The molecule has 2 aromatic heterocycles. The number of hydrogen-bond acceptors (Lipinski definition) is 9. The smallest absolute Gasteiger partial charge is 0.161 e. The fraction of sp³-hybridized carbons (Fsp3) is 0.357. The molecule has 6 rings (SSSR count). The second-order valence-electron chi connectivity index (χ2n) is 9.40. The minimum absolute atomic E-state index is 0.116. The molecule has 4 aromatic rings. The minimum atomic E-state index is 0.116. The molecule has 10 heteroatoms. The quantitative estimate of drug-likeness (QED) is 0.363. The topological polar surface area (TPSA) is 103 Å². The van der Waals surface area contributed by atoms with E-state index in [2.05, 4.69) is 60.7 Å². The van der Waals surface area contributed by atoms with Crippen LogP contribution >= 0.6 is 11.9 Å². The van der Waals surface area contributed by atoms with E-state index in [4.69, 9.17) is 14.5 Å². The summed E-state index contributed by atoms with van der Waals surface area (Å²) in [4.78, 5) is 19.4. The second-order valence-corrected chi connectivity index (χ2v) is 10.3. The van der Waals surface area contributed by atoms with Crippen molar-refractivity contribution in [3.05, 3.63) is 54.4 Å². The van der Waals surface area contributed by atoms with Crippen molar-refractivity contribution in [3.63, 3.8) is 0 Å². The molecule has 0 atom stereocenters. The molecule has 0 spiro atoms. The lowest BCUT2D eigenvalue weighted by molar-refractivity contribution is 0.122. The van der Waals surface area contributed by atoms with Crippen molar-refractivity contribution in [2.45, 2.75) is 18.9 Å². The lowest BCUT2D eigenvalue weighted by atomic mass is 10.1. The highest BCUT2D eigenvalue weighted by atomic mass is 32.2. The zero-order chi connectivity index (χ0) is 25.9. The van der Waals surface area contributed by atoms with E-state index in [9.17, 15) is 5.26 Å². The number of fused-ring (bicyclic) bond motifs is 1. The first-order chi connectivity index (χ1) is 18.7. The molecule has 38 heavy (non-hydrogen) atoms. The van der Waals surface area contributed by atoms with Crippen molar-refractivity contribution in [1.82, 2.24) is 24.2 Å². The molecule has 0 radical (unpaired) electrons. The summed E-state index contributed by atoms with van der Waals surface area (Å²) in [6, 6.07) is 16.3. The van der Waals surface area contributed by atoms with Gasteiger partial charge >= 0.3 is 0 Å². The van der Waals surface area contributed by atoms with Gasteiger partial charge in [0.25, 0.3) is 0 Å². The number of morpholine rings is 1. The second kappa shape index (κ2) is 11.0. The summed E-state index contributed by atoms with van der Waals surface area (Å²) in [5, 5.41) is 9.88. The molecular formula is C28H29N7O2S. The molecule has 2 saturated heterocycles. The molecule has 4 heterocycles. The Morgan fingerprint density at radius 3 is 2.53 bits per heavy atom. The van der Waals surface area contributed by atoms with E-state index in [0.717, 1.165) is 69.2 Å². The number of anilines is 1. The van der Waals surface area contributed by atoms with E-state index in [0.29, 0.717) is 28.2 Å². The minimum Gasteiger partial charge on any atom is -0.489 e. The Kier molecular flexibility index (Phi) is 7.14. The maximum absolute atomic E-state index is 9.88. The molecule has 2 fully saturated rings. The van der Waals surface area contributed by atoms with Crippen LogP contribution < -0.4 is 9.64 Å². The van der Waals surface area contributed by atoms with Crippen LogP contribution in [0.25, 0.3) is 33.8 Å². The van der Waals surface area contributed by atoms with Gasteiger partial charge < -0.3 is 19.4 Å². The van der Waals surface area contributed by atoms with Crippen LogP contribution in [0.4, 0.5) is 5.69 Å². The predicted octanol–water partition coefficient (Wildman–Crippen LogP) is 4.52. The van der Waals surface area contributed by atoms with Crippen LogP contribution in [-0.4, -0.2) is 76.0 Å². The van der Waals surface area contributed by atoms with Crippen LogP contribution in [0.15, 0.2) is 48.8 Å². The summed E-state index contributed by atoms with van der Waals surface area (Å²) < 4.78 is 14.0. The first-order valence-electron chi connectivity index (χ1n) is 12.9. The molecular weight excluding hydrogens is 498 g/mol. The number of rotatable bonds is 6. The van der Waals surface area contributed by atoms with E-state index in [1.165, 1.54) is 12.0 Å². The third-order valence-corrected chi connectivity index (χ3v) is 8.01. The van der Waals surface area contributed by atoms with Crippen LogP contribution in [-0.2, 0) is 4.74 Å². The van der Waals surface area contributed by atoms with Gasteiger partial charge in [0, 0.05) is 43.0 Å². The average molecular weight is 528 g/mol. The number of nitriles is 1. The zero-order valence-corrected chi connectivity index (χ0v) is 22.1. The van der Waals surface area contributed by atoms with Gasteiger partial charge in [-0.25, -0.2) is 15.0 Å². The van der Waals surface area contributed by atoms with Gasteiger partial charge in [0.05, 0.1) is 18.8 Å².